The third-order valence-electron chi connectivity index (χ3n) is 1.10. The average Bonchev–Trinajstić information content (AvgIpc) is 2.51. The zero-order valence-corrected chi connectivity index (χ0v) is 6.44. The topological polar surface area (TPSA) is 56.5 Å². The summed E-state index contributed by atoms with van der Waals surface area (Å²) in [4.78, 5) is 21.3. The van der Waals surface area contributed by atoms with Crippen LogP contribution in [-0.4, -0.2) is 11.8 Å². The standard InChI is InChI=1S/C8H7O4/c1-6(9)12-5-7(10)8-3-2-4-11-8/h2-5H,1H3. The fraction of sp³-hybridized carbons (Fsp3) is 0.125. The number of ether oxygens (including phenoxy) is 1. The minimum absolute atomic E-state index is 0.149. The van der Waals surface area contributed by atoms with Gasteiger partial charge in [-0.25, -0.2) is 0 Å². The molecular formula is C8H7O4. The van der Waals surface area contributed by atoms with Crippen LogP contribution >= 0.6 is 0 Å². The van der Waals surface area contributed by atoms with Gasteiger partial charge < -0.3 is 9.15 Å². The van der Waals surface area contributed by atoms with Crippen LogP contribution in [0, 0.1) is 6.61 Å². The van der Waals surface area contributed by atoms with E-state index in [0.29, 0.717) is 0 Å². The molecule has 1 radical (unpaired) electrons. The Kier molecular flexibility index (Phi) is 2.63. The molecule has 0 unspecified atom stereocenters. The Bertz CT molecular complexity index is 273. The van der Waals surface area contributed by atoms with Crippen LogP contribution in [0.4, 0.5) is 0 Å². The summed E-state index contributed by atoms with van der Waals surface area (Å²) in [6.45, 7) is 2.03. The molecule has 1 heterocycles. The first-order valence-corrected chi connectivity index (χ1v) is 3.28. The lowest BCUT2D eigenvalue weighted by Crippen LogP contribution is -2.04. The van der Waals surface area contributed by atoms with Gasteiger partial charge in [-0.05, 0) is 12.1 Å². The Morgan fingerprint density at radius 1 is 1.58 bits per heavy atom. The van der Waals surface area contributed by atoms with Crippen molar-refractivity contribution in [3.63, 3.8) is 0 Å². The van der Waals surface area contributed by atoms with E-state index in [4.69, 9.17) is 4.42 Å². The summed E-state index contributed by atoms with van der Waals surface area (Å²) in [7, 11) is 0. The van der Waals surface area contributed by atoms with Crippen molar-refractivity contribution in [1.82, 2.24) is 0 Å². The summed E-state index contributed by atoms with van der Waals surface area (Å²) in [6.07, 6.45) is 1.37. The lowest BCUT2D eigenvalue weighted by Gasteiger charge is -1.95. The number of esters is 1. The number of hydrogen-bond donors (Lipinski definition) is 0. The molecule has 0 N–H and O–H groups in total. The minimum atomic E-state index is -0.532. The predicted molar refractivity (Wildman–Crippen MR) is 39.1 cm³/mol. The Morgan fingerprint density at radius 2 is 2.33 bits per heavy atom. The van der Waals surface area contributed by atoms with Gasteiger partial charge in [0.25, 0.3) is 0 Å². The molecule has 0 amide bonds. The van der Waals surface area contributed by atoms with Gasteiger partial charge in [-0.3, -0.25) is 9.59 Å². The monoisotopic (exact) mass is 167 g/mol. The van der Waals surface area contributed by atoms with Gasteiger partial charge >= 0.3 is 5.97 Å². The van der Waals surface area contributed by atoms with Crippen molar-refractivity contribution in [3.8, 4) is 0 Å². The number of furan rings is 1. The second-order valence-electron chi connectivity index (χ2n) is 2.07. The number of Topliss-reactive ketones (excluding diaryl/α,β-unsaturated/α-hetero) is 1. The molecular weight excluding hydrogens is 160 g/mol. The fourth-order valence-electron chi connectivity index (χ4n) is 0.613. The lowest BCUT2D eigenvalue weighted by molar-refractivity contribution is -0.137. The molecule has 0 aliphatic rings. The van der Waals surface area contributed by atoms with Gasteiger partial charge in [-0.1, -0.05) is 0 Å². The van der Waals surface area contributed by atoms with E-state index in [9.17, 15) is 9.59 Å². The van der Waals surface area contributed by atoms with E-state index in [1.165, 1.54) is 19.3 Å². The van der Waals surface area contributed by atoms with Gasteiger partial charge in [0.15, 0.2) is 5.76 Å². The van der Waals surface area contributed by atoms with E-state index in [2.05, 4.69) is 4.74 Å². The molecule has 0 aromatic carbocycles. The molecule has 4 heteroatoms. The van der Waals surface area contributed by atoms with Crippen LogP contribution < -0.4 is 0 Å². The van der Waals surface area contributed by atoms with E-state index in [1.54, 1.807) is 6.07 Å². The molecule has 0 spiro atoms. The summed E-state index contributed by atoms with van der Waals surface area (Å²) in [5, 5.41) is 0. The summed E-state index contributed by atoms with van der Waals surface area (Å²) in [5.41, 5.74) is 0. The molecule has 1 rings (SSSR count). The molecule has 0 fully saturated rings. The quantitative estimate of drug-likeness (QED) is 0.501. The number of carbonyl (C=O) groups excluding carboxylic acids is 2. The van der Waals surface area contributed by atoms with Crippen molar-refractivity contribution < 1.29 is 18.7 Å². The fourth-order valence-corrected chi connectivity index (χ4v) is 0.613. The van der Waals surface area contributed by atoms with Gasteiger partial charge in [0.05, 0.1) is 6.26 Å². The number of hydrogen-bond acceptors (Lipinski definition) is 4. The molecule has 0 saturated carbocycles. The van der Waals surface area contributed by atoms with Crippen LogP contribution in [0.15, 0.2) is 22.8 Å². The van der Waals surface area contributed by atoms with Gasteiger partial charge in [-0.15, -0.1) is 0 Å². The first-order chi connectivity index (χ1) is 5.70. The highest BCUT2D eigenvalue weighted by Gasteiger charge is 2.10. The third kappa shape index (κ3) is 2.23. The average molecular weight is 167 g/mol. The molecule has 4 nitrogen and oxygen atoms in total. The predicted octanol–water partition coefficient (Wildman–Crippen LogP) is 1.19. The van der Waals surface area contributed by atoms with Gasteiger partial charge in [0.2, 0.25) is 12.4 Å². The van der Waals surface area contributed by atoms with Gasteiger partial charge in [-0.2, -0.15) is 0 Å². The number of carbonyl (C=O) groups is 2. The number of ketones is 1. The van der Waals surface area contributed by atoms with Crippen LogP contribution in [0.5, 0.6) is 0 Å². The van der Waals surface area contributed by atoms with E-state index in [0.717, 1.165) is 6.61 Å². The summed E-state index contributed by atoms with van der Waals surface area (Å²) in [5.74, 6) is -0.846. The largest absolute Gasteiger partial charge is 0.461 e. The molecule has 0 bridgehead atoms. The highest BCUT2D eigenvalue weighted by molar-refractivity contribution is 5.99. The van der Waals surface area contributed by atoms with E-state index >= 15 is 0 Å². The maximum atomic E-state index is 11.0. The molecule has 0 aliphatic heterocycles. The maximum Gasteiger partial charge on any atom is 0.303 e. The third-order valence-corrected chi connectivity index (χ3v) is 1.10. The van der Waals surface area contributed by atoms with Crippen molar-refractivity contribution >= 4 is 11.8 Å². The Labute approximate surface area is 69.1 Å². The lowest BCUT2D eigenvalue weighted by atomic mass is 10.3. The van der Waals surface area contributed by atoms with Crippen molar-refractivity contribution in [1.29, 1.82) is 0 Å². The zero-order valence-electron chi connectivity index (χ0n) is 6.44. The molecule has 1 aromatic heterocycles. The Morgan fingerprint density at radius 3 is 2.83 bits per heavy atom. The van der Waals surface area contributed by atoms with Crippen LogP contribution in [0.3, 0.4) is 0 Å². The zero-order chi connectivity index (χ0) is 8.97. The Hall–Kier alpha value is -1.58. The summed E-state index contributed by atoms with van der Waals surface area (Å²) < 4.78 is 9.11. The normalized spacial score (nSPS) is 9.42. The van der Waals surface area contributed by atoms with E-state index in [-0.39, 0.29) is 5.76 Å². The van der Waals surface area contributed by atoms with Crippen molar-refractivity contribution in [2.75, 3.05) is 0 Å². The first kappa shape index (κ1) is 8.52. The van der Waals surface area contributed by atoms with Crippen molar-refractivity contribution in [2.45, 2.75) is 6.92 Å². The highest BCUT2D eigenvalue weighted by Crippen LogP contribution is 2.03. The van der Waals surface area contributed by atoms with Crippen LogP contribution in [-0.2, 0) is 9.53 Å². The molecule has 12 heavy (non-hydrogen) atoms. The SMILES string of the molecule is CC(=O)O[CH]C(=O)c1ccco1. The molecule has 0 atom stereocenters. The Balaban J connectivity index is 2.45. The minimum Gasteiger partial charge on any atom is -0.461 e. The van der Waals surface area contributed by atoms with Crippen molar-refractivity contribution in [3.05, 3.63) is 30.8 Å². The maximum absolute atomic E-state index is 11.0. The highest BCUT2D eigenvalue weighted by atomic mass is 16.5. The first-order valence-electron chi connectivity index (χ1n) is 3.28. The van der Waals surface area contributed by atoms with Crippen molar-refractivity contribution in [2.24, 2.45) is 0 Å². The van der Waals surface area contributed by atoms with Gasteiger partial charge in [0, 0.05) is 6.92 Å². The molecule has 1 aromatic rings. The van der Waals surface area contributed by atoms with Gasteiger partial charge in [0.1, 0.15) is 0 Å². The smallest absolute Gasteiger partial charge is 0.303 e. The van der Waals surface area contributed by atoms with Crippen LogP contribution in [0.2, 0.25) is 0 Å². The second kappa shape index (κ2) is 3.71. The van der Waals surface area contributed by atoms with E-state index < -0.39 is 11.8 Å². The number of rotatable bonds is 3. The second-order valence-corrected chi connectivity index (χ2v) is 2.07. The van der Waals surface area contributed by atoms with Crippen LogP contribution in [0.25, 0.3) is 0 Å². The molecule has 63 valence electrons. The summed E-state index contributed by atoms with van der Waals surface area (Å²) >= 11 is 0. The molecule has 0 aliphatic carbocycles. The summed E-state index contributed by atoms with van der Waals surface area (Å²) in [6, 6.07) is 3.07. The van der Waals surface area contributed by atoms with Crippen LogP contribution in [0.1, 0.15) is 17.5 Å². The van der Waals surface area contributed by atoms with E-state index in [1.807, 2.05) is 0 Å². The molecule has 0 saturated heterocycles.